The van der Waals surface area contributed by atoms with Gasteiger partial charge in [0.2, 0.25) is 11.8 Å². The molecule has 2 aliphatic rings. The van der Waals surface area contributed by atoms with Gasteiger partial charge >= 0.3 is 0 Å². The summed E-state index contributed by atoms with van der Waals surface area (Å²) in [5.74, 6) is -0.751. The number of rotatable bonds is 1. The van der Waals surface area contributed by atoms with E-state index < -0.39 is 6.04 Å². The Morgan fingerprint density at radius 1 is 1.23 bits per heavy atom. The molecule has 1 unspecified atom stereocenters. The molecule has 3 rings (SSSR count). The molecule has 2 heterocycles. The average Bonchev–Trinajstić information content (AvgIpc) is 2.75. The van der Waals surface area contributed by atoms with Gasteiger partial charge in [-0.05, 0) is 29.0 Å². The predicted octanol–water partition coefficient (Wildman–Crippen LogP) is 1.99. The fraction of sp³-hybridized carbons (Fsp3) is 0.471. The second-order valence-electron chi connectivity index (χ2n) is 7.02. The summed E-state index contributed by atoms with van der Waals surface area (Å²) in [6.07, 6.45) is 0.681. The second kappa shape index (κ2) is 4.93. The highest BCUT2D eigenvalue weighted by atomic mass is 16.2. The minimum atomic E-state index is -0.546. The molecule has 118 valence electrons. The maximum atomic E-state index is 12.5. The summed E-state index contributed by atoms with van der Waals surface area (Å²) in [7, 11) is 0. The molecule has 0 bridgehead atoms. The lowest BCUT2D eigenvalue weighted by atomic mass is 9.85. The summed E-state index contributed by atoms with van der Waals surface area (Å²) in [6.45, 7) is 6.82. The number of hydrogen-bond donors (Lipinski definition) is 1. The Morgan fingerprint density at radius 2 is 1.95 bits per heavy atom. The summed E-state index contributed by atoms with van der Waals surface area (Å²) in [5, 5.41) is 2.32. The Morgan fingerprint density at radius 3 is 2.59 bits per heavy atom. The van der Waals surface area contributed by atoms with Crippen molar-refractivity contribution < 1.29 is 15.8 Å². The first-order chi connectivity index (χ1) is 10.3. The van der Waals surface area contributed by atoms with E-state index in [9.17, 15) is 14.4 Å². The van der Waals surface area contributed by atoms with Gasteiger partial charge in [-0.1, -0.05) is 32.9 Å². The van der Waals surface area contributed by atoms with E-state index in [4.69, 9.17) is 0 Å². The Bertz CT molecular complexity index is 679. The number of carbonyl (C=O) groups is 3. The molecule has 3 amide bonds. The molecule has 5 heteroatoms. The molecule has 1 atom stereocenters. The lowest BCUT2D eigenvalue weighted by Crippen LogP contribution is -2.52. The van der Waals surface area contributed by atoms with Crippen molar-refractivity contribution in [1.82, 2.24) is 10.2 Å². The molecule has 0 aromatic heterocycles. The predicted molar refractivity (Wildman–Crippen MR) is 83.3 cm³/mol. The van der Waals surface area contributed by atoms with Gasteiger partial charge in [0.25, 0.3) is 5.91 Å². The van der Waals surface area contributed by atoms with E-state index >= 15 is 0 Å². The largest absolute Gasteiger partial charge is 0.322 e. The molecule has 0 saturated carbocycles. The maximum Gasteiger partial charge on any atom is 0.255 e. The number of fused-ring (bicyclic) bond motifs is 1. The van der Waals surface area contributed by atoms with Crippen molar-refractivity contribution in [1.29, 1.82) is 0 Å². The first-order valence-corrected chi connectivity index (χ1v) is 7.55. The van der Waals surface area contributed by atoms with Gasteiger partial charge < -0.3 is 4.90 Å². The molecular formula is C17H22N2O3. The van der Waals surface area contributed by atoms with Gasteiger partial charge in [-0.2, -0.15) is 0 Å². The summed E-state index contributed by atoms with van der Waals surface area (Å²) < 4.78 is 0. The van der Waals surface area contributed by atoms with Gasteiger partial charge in [-0.3, -0.25) is 19.7 Å². The number of amides is 3. The monoisotopic (exact) mass is 302 g/mol. The van der Waals surface area contributed by atoms with Gasteiger partial charge in [-0.15, -0.1) is 0 Å². The molecule has 0 aliphatic carbocycles. The summed E-state index contributed by atoms with van der Waals surface area (Å²) in [5.41, 5.74) is 2.81. The van der Waals surface area contributed by atoms with Gasteiger partial charge in [0.1, 0.15) is 6.04 Å². The number of hydrogen-bond acceptors (Lipinski definition) is 3. The van der Waals surface area contributed by atoms with E-state index in [0.29, 0.717) is 18.5 Å². The third kappa shape index (κ3) is 2.40. The van der Waals surface area contributed by atoms with Crippen molar-refractivity contribution in [2.45, 2.75) is 51.6 Å². The Labute approximate surface area is 131 Å². The Balaban J connectivity index is 0.00000192. The number of carbonyl (C=O) groups excluding carboxylic acids is 3. The van der Waals surface area contributed by atoms with Gasteiger partial charge in [0.05, 0.1) is 0 Å². The number of nitrogens with zero attached hydrogens (tertiary/aromatic N) is 1. The molecule has 1 aromatic rings. The fourth-order valence-electron chi connectivity index (χ4n) is 3.04. The number of imide groups is 1. The Hall–Kier alpha value is -2.17. The van der Waals surface area contributed by atoms with Gasteiger partial charge in [-0.25, -0.2) is 0 Å². The standard InChI is InChI=1S/C17H20N2O3.H2/c1-17(2,3)11-4-5-12-10(8-11)9-19(16(12)22)13-6-7-14(20)18-15(13)21;/h4-5,8,13H,6-7,9H2,1-3H3,(H,18,20,21);1H. The van der Waals surface area contributed by atoms with Gasteiger partial charge in [0.15, 0.2) is 0 Å². The van der Waals surface area contributed by atoms with E-state index in [2.05, 4.69) is 32.2 Å². The van der Waals surface area contributed by atoms with Crippen LogP contribution in [-0.4, -0.2) is 28.7 Å². The van der Waals surface area contributed by atoms with E-state index in [0.717, 1.165) is 5.56 Å². The van der Waals surface area contributed by atoms with Crippen LogP contribution >= 0.6 is 0 Å². The van der Waals surface area contributed by atoms with E-state index in [1.807, 2.05) is 12.1 Å². The first kappa shape index (κ1) is 14.8. The zero-order chi connectivity index (χ0) is 16.1. The van der Waals surface area contributed by atoms with E-state index in [1.165, 1.54) is 5.56 Å². The molecular weight excluding hydrogens is 280 g/mol. The molecule has 1 aromatic carbocycles. The van der Waals surface area contributed by atoms with Crippen LogP contribution in [0.5, 0.6) is 0 Å². The lowest BCUT2D eigenvalue weighted by Gasteiger charge is -2.29. The minimum Gasteiger partial charge on any atom is -0.322 e. The van der Waals surface area contributed by atoms with Gasteiger partial charge in [0, 0.05) is 20.0 Å². The molecule has 0 spiro atoms. The SMILES string of the molecule is CC(C)(C)c1ccc2c(c1)CN(C1CCC(=O)NC1=O)C2=O.[HH]. The maximum absolute atomic E-state index is 12.5. The van der Waals surface area contributed by atoms with E-state index in [1.54, 1.807) is 4.90 Å². The molecule has 0 radical (unpaired) electrons. The highest BCUT2D eigenvalue weighted by Gasteiger charge is 2.39. The van der Waals surface area contributed by atoms with Crippen LogP contribution in [0.2, 0.25) is 0 Å². The fourth-order valence-corrected chi connectivity index (χ4v) is 3.04. The lowest BCUT2D eigenvalue weighted by molar-refractivity contribution is -0.136. The molecule has 5 nitrogen and oxygen atoms in total. The zero-order valence-electron chi connectivity index (χ0n) is 13.1. The number of piperidine rings is 1. The van der Waals surface area contributed by atoms with Crippen molar-refractivity contribution in [3.8, 4) is 0 Å². The second-order valence-corrected chi connectivity index (χ2v) is 7.02. The molecule has 1 saturated heterocycles. The van der Waals surface area contributed by atoms with Crippen molar-refractivity contribution in [3.05, 3.63) is 34.9 Å². The third-order valence-corrected chi connectivity index (χ3v) is 4.39. The van der Waals surface area contributed by atoms with Crippen molar-refractivity contribution in [2.75, 3.05) is 0 Å². The summed E-state index contributed by atoms with van der Waals surface area (Å²) in [4.78, 5) is 37.4. The number of nitrogens with one attached hydrogen (secondary N) is 1. The molecule has 2 aliphatic heterocycles. The van der Waals surface area contributed by atoms with E-state index in [-0.39, 0.29) is 31.0 Å². The van der Waals surface area contributed by atoms with Crippen LogP contribution in [0.4, 0.5) is 0 Å². The van der Waals surface area contributed by atoms with Crippen LogP contribution in [0.3, 0.4) is 0 Å². The topological polar surface area (TPSA) is 66.5 Å². The third-order valence-electron chi connectivity index (χ3n) is 4.39. The highest BCUT2D eigenvalue weighted by molar-refractivity contribution is 6.05. The number of benzene rings is 1. The van der Waals surface area contributed by atoms with Crippen LogP contribution in [-0.2, 0) is 21.5 Å². The van der Waals surface area contributed by atoms with Crippen LogP contribution < -0.4 is 5.32 Å². The van der Waals surface area contributed by atoms with Crippen LogP contribution in [0, 0.1) is 0 Å². The van der Waals surface area contributed by atoms with Crippen molar-refractivity contribution in [2.24, 2.45) is 0 Å². The van der Waals surface area contributed by atoms with Crippen LogP contribution in [0.1, 0.15) is 56.5 Å². The zero-order valence-corrected chi connectivity index (χ0v) is 13.1. The van der Waals surface area contributed by atoms with Crippen LogP contribution in [0.15, 0.2) is 18.2 Å². The van der Waals surface area contributed by atoms with Crippen LogP contribution in [0.25, 0.3) is 0 Å². The first-order valence-electron chi connectivity index (χ1n) is 7.55. The van der Waals surface area contributed by atoms with Crippen molar-refractivity contribution >= 4 is 17.7 Å². The molecule has 22 heavy (non-hydrogen) atoms. The average molecular weight is 302 g/mol. The smallest absolute Gasteiger partial charge is 0.255 e. The molecule has 1 N–H and O–H groups in total. The quantitative estimate of drug-likeness (QED) is 0.807. The summed E-state index contributed by atoms with van der Waals surface area (Å²) >= 11 is 0. The normalized spacial score (nSPS) is 21.9. The Kier molecular flexibility index (Phi) is 3.31. The summed E-state index contributed by atoms with van der Waals surface area (Å²) in [6, 6.07) is 5.34. The minimum absolute atomic E-state index is 0. The highest BCUT2D eigenvalue weighted by Crippen LogP contribution is 2.31. The van der Waals surface area contributed by atoms with Crippen molar-refractivity contribution in [3.63, 3.8) is 0 Å². The molecule has 1 fully saturated rings.